The van der Waals surface area contributed by atoms with Crippen molar-refractivity contribution in [2.45, 2.75) is 101 Å². The molecule has 276 valence electrons. The van der Waals surface area contributed by atoms with Crippen molar-refractivity contribution < 1.29 is 42.2 Å². The van der Waals surface area contributed by atoms with Gasteiger partial charge in [0.05, 0.1) is 28.7 Å². The molecule has 3 fully saturated rings. The first kappa shape index (κ1) is 36.3. The SMILES string of the molecule is CCOc1nnc(O[C@@H]2C[C@H]3C(=O)N[C@]4(C(=O)NS(=O)(=O)C5(C)CC5)C[C@H]4C=CCC[C@@H](C)C[C@@H](C)[C@H](NC(=O)O)C(=O)N3C2)c2ccccc12. The largest absolute Gasteiger partial charge is 0.476 e. The van der Waals surface area contributed by atoms with E-state index in [4.69, 9.17) is 9.47 Å². The average Bonchev–Trinajstić information content (AvgIpc) is 3.96. The van der Waals surface area contributed by atoms with Crippen LogP contribution in [0.1, 0.15) is 72.6 Å². The number of allylic oxidation sites excluding steroid dienone is 1. The zero-order chi connectivity index (χ0) is 36.7. The number of aromatic nitrogens is 2. The highest BCUT2D eigenvalue weighted by atomic mass is 32.2. The summed E-state index contributed by atoms with van der Waals surface area (Å²) in [6.45, 7) is 7.52. The average molecular weight is 727 g/mol. The van der Waals surface area contributed by atoms with Gasteiger partial charge in [-0.15, -0.1) is 10.2 Å². The van der Waals surface area contributed by atoms with Gasteiger partial charge < -0.3 is 30.1 Å². The molecule has 0 radical (unpaired) electrons. The number of carbonyl (C=O) groups is 4. The third kappa shape index (κ3) is 7.32. The molecule has 0 bridgehead atoms. The summed E-state index contributed by atoms with van der Waals surface area (Å²) in [4.78, 5) is 55.7. The van der Waals surface area contributed by atoms with Crippen LogP contribution in [0.25, 0.3) is 10.8 Å². The van der Waals surface area contributed by atoms with Gasteiger partial charge in [0, 0.05) is 12.3 Å². The molecule has 6 rings (SSSR count). The van der Waals surface area contributed by atoms with E-state index >= 15 is 0 Å². The first-order valence-electron chi connectivity index (χ1n) is 17.6. The van der Waals surface area contributed by atoms with Crippen molar-refractivity contribution in [3.8, 4) is 11.8 Å². The number of rotatable bonds is 8. The van der Waals surface area contributed by atoms with E-state index < -0.39 is 74.1 Å². The Balaban J connectivity index is 1.34. The van der Waals surface area contributed by atoms with E-state index in [1.807, 2.05) is 44.2 Å². The number of fused-ring (bicyclic) bond motifs is 3. The van der Waals surface area contributed by atoms with E-state index in [0.717, 1.165) is 6.42 Å². The highest BCUT2D eigenvalue weighted by Gasteiger charge is 2.63. The molecule has 0 spiro atoms. The van der Waals surface area contributed by atoms with Crippen LogP contribution in [0.3, 0.4) is 0 Å². The Hall–Kier alpha value is -4.47. The van der Waals surface area contributed by atoms with Gasteiger partial charge in [-0.05, 0) is 76.3 Å². The maximum Gasteiger partial charge on any atom is 0.405 e. The smallest absolute Gasteiger partial charge is 0.405 e. The molecule has 4 aliphatic rings. The van der Waals surface area contributed by atoms with E-state index in [2.05, 4.69) is 25.6 Å². The Kier molecular flexibility index (Phi) is 9.92. The number of nitrogens with one attached hydrogen (secondary N) is 3. The van der Waals surface area contributed by atoms with Gasteiger partial charge in [-0.1, -0.05) is 38.1 Å². The molecule has 2 aromatic rings. The normalized spacial score (nSPS) is 30.5. The van der Waals surface area contributed by atoms with Crippen molar-refractivity contribution in [1.82, 2.24) is 30.5 Å². The number of carbonyl (C=O) groups excluding carboxylic acids is 3. The number of hydrogen-bond acceptors (Lipinski definition) is 10. The second kappa shape index (κ2) is 13.9. The lowest BCUT2D eigenvalue weighted by Gasteiger charge is -2.32. The maximum absolute atomic E-state index is 14.3. The summed E-state index contributed by atoms with van der Waals surface area (Å²) in [5.74, 6) is -2.37. The lowest BCUT2D eigenvalue weighted by Crippen LogP contribution is -2.59. The summed E-state index contributed by atoms with van der Waals surface area (Å²) in [5, 5.41) is 24.7. The molecule has 3 heterocycles. The number of sulfonamides is 1. The van der Waals surface area contributed by atoms with Gasteiger partial charge in [-0.3, -0.25) is 19.1 Å². The molecule has 1 aromatic carbocycles. The Morgan fingerprint density at radius 3 is 2.45 bits per heavy atom. The molecule has 4 amide bonds. The van der Waals surface area contributed by atoms with Crippen LogP contribution in [0.2, 0.25) is 0 Å². The van der Waals surface area contributed by atoms with Crippen LogP contribution < -0.4 is 24.8 Å². The van der Waals surface area contributed by atoms with Crippen LogP contribution in [-0.4, -0.2) is 94.1 Å². The minimum Gasteiger partial charge on any atom is -0.476 e. The van der Waals surface area contributed by atoms with Crippen molar-refractivity contribution in [3.05, 3.63) is 36.4 Å². The van der Waals surface area contributed by atoms with Gasteiger partial charge >= 0.3 is 6.09 Å². The number of benzene rings is 1. The fourth-order valence-corrected chi connectivity index (χ4v) is 8.58. The molecule has 1 saturated heterocycles. The highest BCUT2D eigenvalue weighted by Crippen LogP contribution is 2.47. The van der Waals surface area contributed by atoms with E-state index in [9.17, 15) is 32.7 Å². The topological polar surface area (TPSA) is 206 Å². The summed E-state index contributed by atoms with van der Waals surface area (Å²) in [6, 6.07) is 4.90. The number of ether oxygens (including phenoxy) is 2. The molecule has 2 saturated carbocycles. The van der Waals surface area contributed by atoms with Gasteiger partial charge in [-0.25, -0.2) is 13.2 Å². The van der Waals surface area contributed by atoms with Crippen LogP contribution in [0.4, 0.5) is 4.79 Å². The lowest BCUT2D eigenvalue weighted by atomic mass is 9.88. The number of amides is 4. The molecule has 2 aliphatic heterocycles. The maximum atomic E-state index is 14.3. The van der Waals surface area contributed by atoms with Crippen molar-refractivity contribution in [3.63, 3.8) is 0 Å². The Morgan fingerprint density at radius 1 is 1.10 bits per heavy atom. The third-order valence-electron chi connectivity index (χ3n) is 10.7. The van der Waals surface area contributed by atoms with Gasteiger partial charge in [0.25, 0.3) is 5.91 Å². The summed E-state index contributed by atoms with van der Waals surface area (Å²) < 4.78 is 39.3. The van der Waals surface area contributed by atoms with Crippen molar-refractivity contribution in [1.29, 1.82) is 0 Å². The minimum atomic E-state index is -4.00. The molecular weight excluding hydrogens is 680 g/mol. The zero-order valence-electron chi connectivity index (χ0n) is 29.3. The van der Waals surface area contributed by atoms with Crippen molar-refractivity contribution in [2.75, 3.05) is 13.2 Å². The number of carboxylic acid groups (broad SMARTS) is 1. The molecular formula is C35H46N6O9S. The van der Waals surface area contributed by atoms with Crippen molar-refractivity contribution in [2.24, 2.45) is 17.8 Å². The summed E-state index contributed by atoms with van der Waals surface area (Å²) in [7, 11) is -4.00. The first-order chi connectivity index (χ1) is 24.2. The molecule has 15 nitrogen and oxygen atoms in total. The van der Waals surface area contributed by atoms with Gasteiger partial charge in [0.2, 0.25) is 33.6 Å². The summed E-state index contributed by atoms with van der Waals surface area (Å²) in [6.07, 6.45) is 4.56. The fraction of sp³-hybridized carbons (Fsp3) is 0.600. The van der Waals surface area contributed by atoms with Crippen LogP contribution in [0.15, 0.2) is 36.4 Å². The molecule has 1 aromatic heterocycles. The number of hydrogen-bond donors (Lipinski definition) is 4. The quantitative estimate of drug-likeness (QED) is 0.291. The molecule has 51 heavy (non-hydrogen) atoms. The van der Waals surface area contributed by atoms with E-state index in [0.29, 0.717) is 48.9 Å². The van der Waals surface area contributed by atoms with Crippen LogP contribution >= 0.6 is 0 Å². The van der Waals surface area contributed by atoms with Gasteiger partial charge in [-0.2, -0.15) is 0 Å². The number of nitrogens with zero attached hydrogens (tertiary/aromatic N) is 3. The van der Waals surface area contributed by atoms with Crippen LogP contribution in [0, 0.1) is 17.8 Å². The molecule has 0 unspecified atom stereocenters. The zero-order valence-corrected chi connectivity index (χ0v) is 30.1. The predicted molar refractivity (Wildman–Crippen MR) is 185 cm³/mol. The highest BCUT2D eigenvalue weighted by molar-refractivity contribution is 7.91. The molecule has 4 N–H and O–H groups in total. The van der Waals surface area contributed by atoms with E-state index in [-0.39, 0.29) is 31.2 Å². The second-order valence-corrected chi connectivity index (χ2v) is 16.9. The van der Waals surface area contributed by atoms with Crippen LogP contribution in [0.5, 0.6) is 11.8 Å². The standard InChI is InChI=1S/C35H46N6O9S/c1-5-49-29-24-12-8-9-13-25(24)30(39-38-29)50-23-17-26-28(42)37-35(32(44)40-51(47,48)34(4)14-15-34)18-22(35)11-7-6-10-20(2)16-21(3)27(36-33(45)46)31(43)41(26)19-23/h7-9,11-13,20-23,26-27,36H,5-6,10,14-19H2,1-4H3,(H,37,42)(H,40,44)(H,45,46)/t20-,21-,22-,23-,26+,27+,35-/m1/s1. The first-order valence-corrected chi connectivity index (χ1v) is 19.1. The Morgan fingerprint density at radius 2 is 1.78 bits per heavy atom. The summed E-state index contributed by atoms with van der Waals surface area (Å²) >= 11 is 0. The van der Waals surface area contributed by atoms with Crippen molar-refractivity contribution >= 4 is 44.6 Å². The molecule has 16 heteroatoms. The van der Waals surface area contributed by atoms with Gasteiger partial charge in [0.15, 0.2) is 0 Å². The molecule has 7 atom stereocenters. The molecule has 2 aliphatic carbocycles. The summed E-state index contributed by atoms with van der Waals surface area (Å²) in [5.41, 5.74) is -1.55. The predicted octanol–water partition coefficient (Wildman–Crippen LogP) is 2.90. The second-order valence-electron chi connectivity index (χ2n) is 14.7. The van der Waals surface area contributed by atoms with E-state index in [1.54, 1.807) is 19.9 Å². The monoisotopic (exact) mass is 726 g/mol. The lowest BCUT2D eigenvalue weighted by molar-refractivity contribution is -0.142. The Labute approximate surface area is 296 Å². The third-order valence-corrected chi connectivity index (χ3v) is 12.9. The van der Waals surface area contributed by atoms with E-state index in [1.165, 1.54) is 4.90 Å². The Bertz CT molecular complexity index is 1850. The van der Waals surface area contributed by atoms with Gasteiger partial charge in [0.1, 0.15) is 23.7 Å². The minimum absolute atomic E-state index is 0.0139. The fourth-order valence-electron chi connectivity index (χ4n) is 7.27. The van der Waals surface area contributed by atoms with Crippen LogP contribution in [-0.2, 0) is 24.4 Å².